The second kappa shape index (κ2) is 4.52. The molecule has 0 saturated heterocycles. The van der Waals surface area contributed by atoms with E-state index in [-0.39, 0.29) is 17.0 Å². The first kappa shape index (κ1) is 13.3. The molecular formula is C16H18BrN. The molecule has 0 bridgehead atoms. The van der Waals surface area contributed by atoms with Gasteiger partial charge in [-0.05, 0) is 11.1 Å². The molecule has 0 amide bonds. The van der Waals surface area contributed by atoms with Crippen LogP contribution in [0.5, 0.6) is 0 Å². The Morgan fingerprint density at radius 3 is 1.50 bits per heavy atom. The van der Waals surface area contributed by atoms with E-state index in [4.69, 9.17) is 0 Å². The first-order valence-electron chi connectivity index (χ1n) is 6.08. The summed E-state index contributed by atoms with van der Waals surface area (Å²) in [5.74, 6) is 0. The fourth-order valence-electron chi connectivity index (χ4n) is 2.96. The van der Waals surface area contributed by atoms with E-state index in [9.17, 15) is 0 Å². The third-order valence-electron chi connectivity index (χ3n) is 3.58. The molecule has 2 aromatic carbocycles. The molecular weight excluding hydrogens is 286 g/mol. The average molecular weight is 304 g/mol. The van der Waals surface area contributed by atoms with Gasteiger partial charge in [0.2, 0.25) is 0 Å². The number of hydrogen-bond acceptors (Lipinski definition) is 0. The maximum Gasteiger partial charge on any atom is 0.141 e. The molecule has 0 atom stereocenters. The lowest BCUT2D eigenvalue weighted by atomic mass is 10.0. The monoisotopic (exact) mass is 303 g/mol. The summed E-state index contributed by atoms with van der Waals surface area (Å²) in [6.07, 6.45) is 0. The summed E-state index contributed by atoms with van der Waals surface area (Å²) in [5, 5.41) is 0. The lowest BCUT2D eigenvalue weighted by Crippen LogP contribution is -3.00. The van der Waals surface area contributed by atoms with Crippen molar-refractivity contribution in [3.05, 3.63) is 59.7 Å². The van der Waals surface area contributed by atoms with E-state index in [0.717, 1.165) is 4.48 Å². The van der Waals surface area contributed by atoms with E-state index >= 15 is 0 Å². The summed E-state index contributed by atoms with van der Waals surface area (Å²) in [7, 11) is 6.80. The zero-order valence-electron chi connectivity index (χ0n) is 11.0. The normalized spacial score (nSPS) is 13.7. The van der Waals surface area contributed by atoms with Crippen LogP contribution in [0.2, 0.25) is 0 Å². The van der Waals surface area contributed by atoms with Gasteiger partial charge in [0.25, 0.3) is 0 Å². The molecule has 0 fully saturated rings. The van der Waals surface area contributed by atoms with Gasteiger partial charge < -0.3 is 21.5 Å². The maximum atomic E-state index is 2.27. The molecule has 2 heteroatoms. The quantitative estimate of drug-likeness (QED) is 0.672. The van der Waals surface area contributed by atoms with Crippen LogP contribution in [0.4, 0.5) is 0 Å². The van der Waals surface area contributed by atoms with E-state index in [0.29, 0.717) is 6.04 Å². The molecule has 0 radical (unpaired) electrons. The van der Waals surface area contributed by atoms with Crippen molar-refractivity contribution >= 4 is 0 Å². The van der Waals surface area contributed by atoms with Crippen LogP contribution in [-0.2, 0) is 0 Å². The first-order valence-corrected chi connectivity index (χ1v) is 6.08. The summed E-state index contributed by atoms with van der Waals surface area (Å²) in [5.41, 5.74) is 5.73. The number of nitrogens with zero attached hydrogens (tertiary/aromatic N) is 1. The lowest BCUT2D eigenvalue weighted by Gasteiger charge is -2.32. The Hall–Kier alpha value is -1.12. The standard InChI is InChI=1S/C16H18N.BrH/c1-17(2,3)16-14-10-6-4-8-12(14)13-9-5-7-11-15(13)16;/h4-11,16H,1-3H3;1H/q+1;/p-1. The summed E-state index contributed by atoms with van der Waals surface area (Å²) < 4.78 is 0.939. The maximum absolute atomic E-state index is 2.27. The van der Waals surface area contributed by atoms with Crippen LogP contribution in [-0.4, -0.2) is 25.6 Å². The zero-order chi connectivity index (χ0) is 12.0. The third-order valence-corrected chi connectivity index (χ3v) is 3.58. The van der Waals surface area contributed by atoms with E-state index in [2.05, 4.69) is 69.7 Å². The minimum Gasteiger partial charge on any atom is -1.00 e. The van der Waals surface area contributed by atoms with Crippen LogP contribution in [0.1, 0.15) is 17.2 Å². The molecule has 18 heavy (non-hydrogen) atoms. The highest BCUT2D eigenvalue weighted by Crippen LogP contribution is 2.47. The van der Waals surface area contributed by atoms with E-state index in [1.807, 2.05) is 0 Å². The average Bonchev–Trinajstić information content (AvgIpc) is 2.63. The Bertz CT molecular complexity index is 524. The van der Waals surface area contributed by atoms with Crippen LogP contribution < -0.4 is 17.0 Å². The number of quaternary nitrogens is 1. The van der Waals surface area contributed by atoms with Crippen molar-refractivity contribution in [2.75, 3.05) is 21.1 Å². The van der Waals surface area contributed by atoms with E-state index in [1.54, 1.807) is 0 Å². The Balaban J connectivity index is 0.00000120. The van der Waals surface area contributed by atoms with E-state index < -0.39 is 0 Å². The summed E-state index contributed by atoms with van der Waals surface area (Å²) in [6, 6.07) is 18.0. The van der Waals surface area contributed by atoms with Crippen LogP contribution in [0.3, 0.4) is 0 Å². The Kier molecular flexibility index (Phi) is 3.35. The fourth-order valence-corrected chi connectivity index (χ4v) is 2.96. The van der Waals surface area contributed by atoms with Crippen molar-refractivity contribution in [1.29, 1.82) is 0 Å². The Morgan fingerprint density at radius 1 is 0.722 bits per heavy atom. The van der Waals surface area contributed by atoms with E-state index in [1.165, 1.54) is 22.3 Å². The molecule has 94 valence electrons. The largest absolute Gasteiger partial charge is 1.00 e. The fraction of sp³-hybridized carbons (Fsp3) is 0.250. The van der Waals surface area contributed by atoms with Crippen molar-refractivity contribution in [2.24, 2.45) is 0 Å². The van der Waals surface area contributed by atoms with Gasteiger partial charge in [0.15, 0.2) is 0 Å². The molecule has 1 nitrogen and oxygen atoms in total. The van der Waals surface area contributed by atoms with Gasteiger partial charge in [-0.25, -0.2) is 0 Å². The van der Waals surface area contributed by atoms with Crippen molar-refractivity contribution in [2.45, 2.75) is 6.04 Å². The van der Waals surface area contributed by atoms with Gasteiger partial charge in [-0.3, -0.25) is 0 Å². The zero-order valence-corrected chi connectivity index (χ0v) is 12.6. The van der Waals surface area contributed by atoms with Gasteiger partial charge in [-0.1, -0.05) is 48.5 Å². The number of hydrogen-bond donors (Lipinski definition) is 0. The lowest BCUT2D eigenvalue weighted by molar-refractivity contribution is -0.895. The molecule has 0 aliphatic heterocycles. The molecule has 1 aliphatic carbocycles. The van der Waals surface area contributed by atoms with Gasteiger partial charge in [0, 0.05) is 11.1 Å². The van der Waals surface area contributed by atoms with Gasteiger partial charge in [0.1, 0.15) is 6.04 Å². The second-order valence-corrected chi connectivity index (χ2v) is 5.69. The minimum absolute atomic E-state index is 0. The second-order valence-electron chi connectivity index (χ2n) is 5.69. The molecule has 0 saturated carbocycles. The minimum atomic E-state index is 0. The predicted octanol–water partition coefficient (Wildman–Crippen LogP) is 0.467. The summed E-state index contributed by atoms with van der Waals surface area (Å²) in [6.45, 7) is 0. The molecule has 0 spiro atoms. The number of rotatable bonds is 1. The highest BCUT2D eigenvalue weighted by molar-refractivity contribution is 5.77. The summed E-state index contributed by atoms with van der Waals surface area (Å²) in [4.78, 5) is 0. The van der Waals surface area contributed by atoms with Gasteiger partial charge in [-0.15, -0.1) is 0 Å². The van der Waals surface area contributed by atoms with Crippen LogP contribution in [0.25, 0.3) is 11.1 Å². The van der Waals surface area contributed by atoms with Gasteiger partial charge in [0.05, 0.1) is 21.1 Å². The molecule has 1 aliphatic rings. The molecule has 3 rings (SSSR count). The summed E-state index contributed by atoms with van der Waals surface area (Å²) >= 11 is 0. The highest BCUT2D eigenvalue weighted by atomic mass is 79.9. The van der Waals surface area contributed by atoms with Crippen LogP contribution >= 0.6 is 0 Å². The number of benzene rings is 2. The smallest absolute Gasteiger partial charge is 0.141 e. The van der Waals surface area contributed by atoms with Crippen LogP contribution in [0, 0.1) is 0 Å². The molecule has 0 heterocycles. The molecule has 0 aromatic heterocycles. The highest BCUT2D eigenvalue weighted by Gasteiger charge is 2.36. The third kappa shape index (κ3) is 1.90. The van der Waals surface area contributed by atoms with Crippen molar-refractivity contribution in [3.63, 3.8) is 0 Å². The molecule has 0 N–H and O–H groups in total. The van der Waals surface area contributed by atoms with Gasteiger partial charge in [-0.2, -0.15) is 0 Å². The number of fused-ring (bicyclic) bond motifs is 3. The molecule has 0 unspecified atom stereocenters. The van der Waals surface area contributed by atoms with Gasteiger partial charge >= 0.3 is 0 Å². The predicted molar refractivity (Wildman–Crippen MR) is 71.8 cm³/mol. The Morgan fingerprint density at radius 2 is 1.11 bits per heavy atom. The molecule has 2 aromatic rings. The number of halogens is 1. The van der Waals surface area contributed by atoms with Crippen molar-refractivity contribution < 1.29 is 21.5 Å². The topological polar surface area (TPSA) is 0 Å². The van der Waals surface area contributed by atoms with Crippen LogP contribution in [0.15, 0.2) is 48.5 Å². The SMILES string of the molecule is C[N+](C)(C)C1c2ccccc2-c2ccccc21.[Br-]. The van der Waals surface area contributed by atoms with Crippen molar-refractivity contribution in [3.8, 4) is 11.1 Å². The Labute approximate surface area is 119 Å². The van der Waals surface area contributed by atoms with Crippen molar-refractivity contribution in [1.82, 2.24) is 0 Å². The first-order chi connectivity index (χ1) is 8.09.